The Balaban J connectivity index is 2.43. The van der Waals surface area contributed by atoms with Gasteiger partial charge in [-0.1, -0.05) is 6.92 Å². The molecular formula is C9H11F7O3. The molecule has 0 aliphatic carbocycles. The number of hydrogen-bond acceptors (Lipinski definition) is 3. The first-order chi connectivity index (χ1) is 8.37. The van der Waals surface area contributed by atoms with Gasteiger partial charge in [0.05, 0.1) is 19.8 Å². The van der Waals surface area contributed by atoms with Crippen LogP contribution < -0.4 is 0 Å². The van der Waals surface area contributed by atoms with Gasteiger partial charge in [-0.05, 0) is 0 Å². The Morgan fingerprint density at radius 2 is 1.58 bits per heavy atom. The Labute approximate surface area is 103 Å². The summed E-state index contributed by atoms with van der Waals surface area (Å²) >= 11 is 0. The third-order valence-electron chi connectivity index (χ3n) is 2.23. The summed E-state index contributed by atoms with van der Waals surface area (Å²) in [6.45, 7) is 0.133. The van der Waals surface area contributed by atoms with Crippen molar-refractivity contribution < 1.29 is 44.9 Å². The largest absolute Gasteiger partial charge is 0.483 e. The van der Waals surface area contributed by atoms with Crippen LogP contribution in [-0.2, 0) is 14.2 Å². The molecule has 0 aromatic carbocycles. The van der Waals surface area contributed by atoms with Crippen LogP contribution in [0.1, 0.15) is 6.92 Å². The van der Waals surface area contributed by atoms with E-state index in [1.165, 1.54) is 0 Å². The Morgan fingerprint density at radius 3 is 1.95 bits per heavy atom. The SMILES string of the molecule is CC1(COCC(F)(F)OC(F)(F)C(F)(F)F)COC1. The second-order valence-electron chi connectivity index (χ2n) is 4.55. The monoisotopic (exact) mass is 300 g/mol. The second-order valence-corrected chi connectivity index (χ2v) is 4.55. The van der Waals surface area contributed by atoms with Crippen molar-refractivity contribution in [2.75, 3.05) is 26.4 Å². The molecule has 1 heterocycles. The Kier molecular flexibility index (Phi) is 4.38. The van der Waals surface area contributed by atoms with Gasteiger partial charge in [-0.15, -0.1) is 0 Å². The van der Waals surface area contributed by atoms with Gasteiger partial charge in [-0.2, -0.15) is 30.7 Å². The highest BCUT2D eigenvalue weighted by molar-refractivity contribution is 4.80. The van der Waals surface area contributed by atoms with E-state index in [2.05, 4.69) is 9.47 Å². The normalized spacial score (nSPS) is 20.2. The maximum absolute atomic E-state index is 12.8. The van der Waals surface area contributed by atoms with Crippen LogP contribution in [0.4, 0.5) is 30.7 Å². The highest BCUT2D eigenvalue weighted by Crippen LogP contribution is 2.40. The summed E-state index contributed by atoms with van der Waals surface area (Å²) in [5.74, 6) is 0. The van der Waals surface area contributed by atoms with Crippen molar-refractivity contribution in [2.45, 2.75) is 25.3 Å². The quantitative estimate of drug-likeness (QED) is 0.706. The van der Waals surface area contributed by atoms with E-state index in [0.717, 1.165) is 0 Å². The van der Waals surface area contributed by atoms with E-state index in [4.69, 9.17) is 4.74 Å². The lowest BCUT2D eigenvalue weighted by atomic mass is 9.90. The highest BCUT2D eigenvalue weighted by atomic mass is 19.4. The molecule has 0 radical (unpaired) electrons. The maximum atomic E-state index is 12.8. The molecule has 1 aliphatic rings. The zero-order valence-corrected chi connectivity index (χ0v) is 9.70. The second kappa shape index (κ2) is 5.06. The molecule has 1 aliphatic heterocycles. The van der Waals surface area contributed by atoms with Crippen molar-refractivity contribution in [1.29, 1.82) is 0 Å². The molecular weight excluding hydrogens is 289 g/mol. The first-order valence-corrected chi connectivity index (χ1v) is 5.05. The maximum Gasteiger partial charge on any atom is 0.483 e. The fourth-order valence-corrected chi connectivity index (χ4v) is 1.22. The van der Waals surface area contributed by atoms with E-state index >= 15 is 0 Å². The van der Waals surface area contributed by atoms with Crippen LogP contribution in [0.25, 0.3) is 0 Å². The van der Waals surface area contributed by atoms with Gasteiger partial charge in [-0.25, -0.2) is 4.74 Å². The zero-order valence-electron chi connectivity index (χ0n) is 9.70. The van der Waals surface area contributed by atoms with Gasteiger partial charge < -0.3 is 9.47 Å². The lowest BCUT2D eigenvalue weighted by molar-refractivity contribution is -0.461. The summed E-state index contributed by atoms with van der Waals surface area (Å²) in [4.78, 5) is 0. The van der Waals surface area contributed by atoms with E-state index in [-0.39, 0.29) is 19.8 Å². The first-order valence-electron chi connectivity index (χ1n) is 5.05. The minimum Gasteiger partial charge on any atom is -0.380 e. The number of halogens is 7. The van der Waals surface area contributed by atoms with Gasteiger partial charge in [0.25, 0.3) is 0 Å². The summed E-state index contributed by atoms with van der Waals surface area (Å²) in [7, 11) is 0. The van der Waals surface area contributed by atoms with Crippen LogP contribution in [0.5, 0.6) is 0 Å². The van der Waals surface area contributed by atoms with E-state index < -0.39 is 30.4 Å². The Hall–Kier alpha value is -0.610. The predicted molar refractivity (Wildman–Crippen MR) is 46.8 cm³/mol. The molecule has 114 valence electrons. The van der Waals surface area contributed by atoms with E-state index in [0.29, 0.717) is 0 Å². The zero-order chi connectivity index (χ0) is 14.9. The molecule has 0 unspecified atom stereocenters. The average Bonchev–Trinajstić information content (AvgIpc) is 2.11. The number of rotatable bonds is 6. The molecule has 0 amide bonds. The van der Waals surface area contributed by atoms with Crippen LogP contribution in [0, 0.1) is 5.41 Å². The van der Waals surface area contributed by atoms with Crippen molar-refractivity contribution in [3.63, 3.8) is 0 Å². The van der Waals surface area contributed by atoms with Crippen LogP contribution in [0.15, 0.2) is 0 Å². The third kappa shape index (κ3) is 4.46. The number of alkyl halides is 7. The van der Waals surface area contributed by atoms with Gasteiger partial charge in [0.15, 0.2) is 0 Å². The summed E-state index contributed by atoms with van der Waals surface area (Å²) in [6, 6.07) is 0. The fraction of sp³-hybridized carbons (Fsp3) is 1.00. The molecule has 1 fully saturated rings. The van der Waals surface area contributed by atoms with Crippen LogP contribution in [0.2, 0.25) is 0 Å². The lowest BCUT2D eigenvalue weighted by Gasteiger charge is -2.37. The van der Waals surface area contributed by atoms with Gasteiger partial charge in [0.1, 0.15) is 6.61 Å². The number of hydrogen-bond donors (Lipinski definition) is 0. The summed E-state index contributed by atoms with van der Waals surface area (Å²) in [5.41, 5.74) is -0.539. The van der Waals surface area contributed by atoms with Gasteiger partial charge in [-0.3, -0.25) is 0 Å². The third-order valence-corrected chi connectivity index (χ3v) is 2.23. The smallest absolute Gasteiger partial charge is 0.380 e. The van der Waals surface area contributed by atoms with E-state index in [1.54, 1.807) is 6.92 Å². The summed E-state index contributed by atoms with van der Waals surface area (Å²) in [5, 5.41) is 0. The number of ether oxygens (including phenoxy) is 3. The topological polar surface area (TPSA) is 27.7 Å². The van der Waals surface area contributed by atoms with Crippen LogP contribution >= 0.6 is 0 Å². The average molecular weight is 300 g/mol. The summed E-state index contributed by atoms with van der Waals surface area (Å²) in [6.07, 6.45) is -16.9. The molecule has 0 N–H and O–H groups in total. The molecule has 0 aromatic rings. The Morgan fingerprint density at radius 1 is 1.05 bits per heavy atom. The van der Waals surface area contributed by atoms with E-state index in [1.807, 2.05) is 0 Å². The molecule has 3 nitrogen and oxygen atoms in total. The molecule has 1 saturated heterocycles. The molecule has 0 aromatic heterocycles. The summed E-state index contributed by atoms with van der Waals surface area (Å²) < 4.78 is 96.8. The molecule has 10 heteroatoms. The van der Waals surface area contributed by atoms with Gasteiger partial charge in [0, 0.05) is 5.41 Å². The van der Waals surface area contributed by atoms with Crippen LogP contribution in [-0.4, -0.2) is 44.8 Å². The highest BCUT2D eigenvalue weighted by Gasteiger charge is 2.63. The Bertz CT molecular complexity index is 311. The fourth-order valence-electron chi connectivity index (χ4n) is 1.22. The minimum absolute atomic E-state index is 0.234. The standard InChI is InChI=1S/C9H11F7O3/c1-6(2-17-3-6)4-18-5-7(10,11)19-9(15,16)8(12,13)14/h2-5H2,1H3. The molecule has 0 saturated carbocycles. The predicted octanol–water partition coefficient (Wildman–Crippen LogP) is 2.80. The molecule has 0 spiro atoms. The van der Waals surface area contributed by atoms with Crippen molar-refractivity contribution in [3.8, 4) is 0 Å². The van der Waals surface area contributed by atoms with Gasteiger partial charge in [0.2, 0.25) is 0 Å². The molecule has 19 heavy (non-hydrogen) atoms. The molecule has 0 bridgehead atoms. The van der Waals surface area contributed by atoms with E-state index in [9.17, 15) is 30.7 Å². The minimum atomic E-state index is -6.22. The van der Waals surface area contributed by atoms with Crippen molar-refractivity contribution >= 4 is 0 Å². The van der Waals surface area contributed by atoms with Crippen LogP contribution in [0.3, 0.4) is 0 Å². The molecule has 0 atom stereocenters. The first kappa shape index (κ1) is 16.4. The van der Waals surface area contributed by atoms with Crippen molar-refractivity contribution in [1.82, 2.24) is 0 Å². The molecule has 1 rings (SSSR count). The van der Waals surface area contributed by atoms with Crippen molar-refractivity contribution in [3.05, 3.63) is 0 Å². The van der Waals surface area contributed by atoms with Gasteiger partial charge >= 0.3 is 18.4 Å². The van der Waals surface area contributed by atoms with Crippen molar-refractivity contribution in [2.24, 2.45) is 5.41 Å². The lowest BCUT2D eigenvalue weighted by Crippen LogP contribution is -2.47.